The first-order valence-corrected chi connectivity index (χ1v) is 8.36. The van der Waals surface area contributed by atoms with Crippen molar-refractivity contribution in [3.05, 3.63) is 24.3 Å². The predicted molar refractivity (Wildman–Crippen MR) is 94.6 cm³/mol. The van der Waals surface area contributed by atoms with Crippen LogP contribution in [0.2, 0.25) is 0 Å². The summed E-state index contributed by atoms with van der Waals surface area (Å²) in [6.07, 6.45) is 0.580. The number of aliphatic carboxylic acids is 1. The van der Waals surface area contributed by atoms with Crippen LogP contribution in [-0.4, -0.2) is 47.5 Å². The molecule has 1 aromatic heterocycles. The van der Waals surface area contributed by atoms with Crippen LogP contribution in [0.1, 0.15) is 19.3 Å². The zero-order valence-electron chi connectivity index (χ0n) is 14.8. The Morgan fingerprint density at radius 3 is 2.58 bits per heavy atom. The normalized spacial score (nSPS) is 13.2. The van der Waals surface area contributed by atoms with E-state index in [9.17, 15) is 9.59 Å². The molecule has 3 rings (SSSR count). The van der Waals surface area contributed by atoms with Crippen molar-refractivity contribution in [1.82, 2.24) is 9.78 Å². The number of rotatable bonds is 6. The summed E-state index contributed by atoms with van der Waals surface area (Å²) >= 11 is 0. The molecule has 0 radical (unpaired) electrons. The molecule has 8 heteroatoms. The second kappa shape index (κ2) is 7.47. The monoisotopic (exact) mass is 359 g/mol. The van der Waals surface area contributed by atoms with E-state index >= 15 is 0 Å². The van der Waals surface area contributed by atoms with E-state index in [1.54, 1.807) is 23.8 Å². The maximum absolute atomic E-state index is 12.4. The third-order valence-electron chi connectivity index (χ3n) is 4.32. The number of carboxylic acids is 1. The lowest BCUT2D eigenvalue weighted by molar-refractivity contribution is -0.138. The molecule has 1 amide bonds. The van der Waals surface area contributed by atoms with Gasteiger partial charge in [0.05, 0.1) is 26.3 Å². The third-order valence-corrected chi connectivity index (χ3v) is 4.32. The van der Waals surface area contributed by atoms with Gasteiger partial charge in [-0.1, -0.05) is 0 Å². The summed E-state index contributed by atoms with van der Waals surface area (Å²) in [7, 11) is 3.15. The van der Waals surface area contributed by atoms with Gasteiger partial charge >= 0.3 is 5.97 Å². The zero-order chi connectivity index (χ0) is 18.7. The average molecular weight is 359 g/mol. The highest BCUT2D eigenvalue weighted by atomic mass is 16.5. The van der Waals surface area contributed by atoms with Gasteiger partial charge in [0.25, 0.3) is 0 Å². The molecule has 0 bridgehead atoms. The van der Waals surface area contributed by atoms with Crippen LogP contribution < -0.4 is 14.4 Å². The van der Waals surface area contributed by atoms with Crippen LogP contribution in [-0.2, 0) is 16.1 Å². The first-order valence-electron chi connectivity index (χ1n) is 8.36. The van der Waals surface area contributed by atoms with Gasteiger partial charge in [-0.05, 0) is 24.6 Å². The molecule has 1 aliphatic heterocycles. The molecule has 0 aliphatic carbocycles. The number of anilines is 1. The van der Waals surface area contributed by atoms with Gasteiger partial charge in [-0.25, -0.2) is 4.68 Å². The number of carbonyl (C=O) groups excluding carboxylic acids is 1. The van der Waals surface area contributed by atoms with E-state index in [0.29, 0.717) is 30.4 Å². The second-order valence-electron chi connectivity index (χ2n) is 5.97. The number of carboxylic acid groups (broad SMARTS) is 1. The van der Waals surface area contributed by atoms with Crippen molar-refractivity contribution in [2.75, 3.05) is 25.7 Å². The Bertz CT molecular complexity index is 830. The van der Waals surface area contributed by atoms with Crippen LogP contribution in [0.5, 0.6) is 11.5 Å². The number of benzene rings is 1. The standard InChI is InChI=1S/C18H21N3O5/c1-25-14-5-4-12(10-15(14)26-2)13-11-16-20(8-3-9-21(16)19-13)17(22)6-7-18(23)24/h4-5,10-11H,3,6-9H2,1-2H3,(H,23,24). The Kier molecular flexibility index (Phi) is 5.11. The molecule has 0 saturated carbocycles. The molecule has 0 saturated heterocycles. The Balaban J connectivity index is 1.89. The van der Waals surface area contributed by atoms with Crippen LogP contribution in [0.25, 0.3) is 11.3 Å². The van der Waals surface area contributed by atoms with E-state index in [1.807, 2.05) is 24.3 Å². The Morgan fingerprint density at radius 1 is 1.12 bits per heavy atom. The van der Waals surface area contributed by atoms with Crippen molar-refractivity contribution in [1.29, 1.82) is 0 Å². The van der Waals surface area contributed by atoms with Gasteiger partial charge in [-0.2, -0.15) is 5.10 Å². The summed E-state index contributed by atoms with van der Waals surface area (Å²) in [5.41, 5.74) is 1.57. The molecule has 0 fully saturated rings. The van der Waals surface area contributed by atoms with Crippen molar-refractivity contribution in [2.45, 2.75) is 25.8 Å². The van der Waals surface area contributed by atoms with Crippen LogP contribution in [0.4, 0.5) is 5.82 Å². The lowest BCUT2D eigenvalue weighted by Gasteiger charge is -2.27. The summed E-state index contributed by atoms with van der Waals surface area (Å²) in [4.78, 5) is 24.7. The molecule has 2 aromatic rings. The van der Waals surface area contributed by atoms with E-state index in [-0.39, 0.29) is 18.7 Å². The lowest BCUT2D eigenvalue weighted by Crippen LogP contribution is -2.37. The van der Waals surface area contributed by atoms with Crippen LogP contribution in [0.15, 0.2) is 24.3 Å². The van der Waals surface area contributed by atoms with Gasteiger partial charge in [-0.15, -0.1) is 0 Å². The minimum absolute atomic E-state index is 0.0216. The quantitative estimate of drug-likeness (QED) is 0.849. The molecule has 1 N–H and O–H groups in total. The number of hydrogen-bond acceptors (Lipinski definition) is 5. The fraction of sp³-hybridized carbons (Fsp3) is 0.389. The summed E-state index contributed by atoms with van der Waals surface area (Å²) in [6, 6.07) is 7.37. The highest BCUT2D eigenvalue weighted by Crippen LogP contribution is 2.34. The number of ether oxygens (including phenoxy) is 2. The van der Waals surface area contributed by atoms with Gasteiger partial charge in [0, 0.05) is 31.1 Å². The summed E-state index contributed by atoms with van der Waals surface area (Å²) < 4.78 is 12.4. The minimum Gasteiger partial charge on any atom is -0.493 e. The molecule has 1 aliphatic rings. The molecule has 26 heavy (non-hydrogen) atoms. The fourth-order valence-corrected chi connectivity index (χ4v) is 3.02. The molecule has 138 valence electrons. The van der Waals surface area contributed by atoms with Crippen molar-refractivity contribution in [2.24, 2.45) is 0 Å². The number of aromatic nitrogens is 2. The number of aryl methyl sites for hydroxylation is 1. The average Bonchev–Trinajstić information content (AvgIpc) is 3.09. The molecule has 0 spiro atoms. The van der Waals surface area contributed by atoms with Crippen molar-refractivity contribution >= 4 is 17.7 Å². The highest BCUT2D eigenvalue weighted by Gasteiger charge is 2.25. The van der Waals surface area contributed by atoms with E-state index in [0.717, 1.165) is 17.7 Å². The Morgan fingerprint density at radius 2 is 1.88 bits per heavy atom. The van der Waals surface area contributed by atoms with Gasteiger partial charge in [0.2, 0.25) is 5.91 Å². The Labute approximate surface area is 150 Å². The number of methoxy groups -OCH3 is 2. The van der Waals surface area contributed by atoms with E-state index in [1.165, 1.54) is 0 Å². The summed E-state index contributed by atoms with van der Waals surface area (Å²) in [6.45, 7) is 1.28. The second-order valence-corrected chi connectivity index (χ2v) is 5.97. The van der Waals surface area contributed by atoms with E-state index in [4.69, 9.17) is 14.6 Å². The van der Waals surface area contributed by atoms with Gasteiger partial charge in [0.15, 0.2) is 11.5 Å². The van der Waals surface area contributed by atoms with Gasteiger partial charge in [0.1, 0.15) is 5.82 Å². The third kappa shape index (κ3) is 3.49. The number of hydrogen-bond donors (Lipinski definition) is 1. The topological polar surface area (TPSA) is 93.9 Å². The summed E-state index contributed by atoms with van der Waals surface area (Å²) in [5, 5.41) is 13.4. The van der Waals surface area contributed by atoms with Gasteiger partial charge in [-0.3, -0.25) is 14.5 Å². The molecule has 2 heterocycles. The predicted octanol–water partition coefficient (Wildman–Crippen LogP) is 2.17. The number of amides is 1. The van der Waals surface area contributed by atoms with Crippen molar-refractivity contribution < 1.29 is 24.2 Å². The zero-order valence-corrected chi connectivity index (χ0v) is 14.8. The Hall–Kier alpha value is -3.03. The van der Waals surface area contributed by atoms with E-state index in [2.05, 4.69) is 5.10 Å². The number of nitrogens with zero attached hydrogens (tertiary/aromatic N) is 3. The summed E-state index contributed by atoms with van der Waals surface area (Å²) in [5.74, 6) is 0.745. The van der Waals surface area contributed by atoms with E-state index < -0.39 is 5.97 Å². The van der Waals surface area contributed by atoms with Crippen LogP contribution in [0, 0.1) is 0 Å². The maximum atomic E-state index is 12.4. The first kappa shape index (κ1) is 17.8. The highest BCUT2D eigenvalue weighted by molar-refractivity contribution is 5.94. The van der Waals surface area contributed by atoms with Gasteiger partial charge < -0.3 is 14.6 Å². The molecular formula is C18H21N3O5. The lowest BCUT2D eigenvalue weighted by atomic mass is 10.1. The van der Waals surface area contributed by atoms with Crippen molar-refractivity contribution in [3.63, 3.8) is 0 Å². The number of carbonyl (C=O) groups is 2. The van der Waals surface area contributed by atoms with Crippen LogP contribution in [0.3, 0.4) is 0 Å². The fourth-order valence-electron chi connectivity index (χ4n) is 3.02. The first-order chi connectivity index (χ1) is 12.5. The molecule has 0 unspecified atom stereocenters. The largest absolute Gasteiger partial charge is 0.493 e. The molecular weight excluding hydrogens is 338 g/mol. The molecule has 0 atom stereocenters. The molecule has 1 aromatic carbocycles. The number of fused-ring (bicyclic) bond motifs is 1. The maximum Gasteiger partial charge on any atom is 0.303 e. The van der Waals surface area contributed by atoms with Crippen LogP contribution >= 0.6 is 0 Å². The van der Waals surface area contributed by atoms with Crippen molar-refractivity contribution in [3.8, 4) is 22.8 Å². The smallest absolute Gasteiger partial charge is 0.303 e. The molecule has 8 nitrogen and oxygen atoms in total. The minimum atomic E-state index is -0.977. The SMILES string of the molecule is COc1ccc(-c2cc3n(n2)CCCN3C(=O)CCC(=O)O)cc1OC.